The van der Waals surface area contributed by atoms with Gasteiger partial charge in [0.25, 0.3) is 5.91 Å². The van der Waals surface area contributed by atoms with Crippen molar-refractivity contribution in [2.75, 3.05) is 11.5 Å². The minimum Gasteiger partial charge on any atom is -0.390 e. The molecule has 2 saturated heterocycles. The van der Waals surface area contributed by atoms with Gasteiger partial charge in [0.05, 0.1) is 23.7 Å². The van der Waals surface area contributed by atoms with Crippen molar-refractivity contribution in [3.05, 3.63) is 35.4 Å². The van der Waals surface area contributed by atoms with Gasteiger partial charge in [0, 0.05) is 0 Å². The van der Waals surface area contributed by atoms with Crippen LogP contribution >= 0.6 is 0 Å². The number of carbonyl (C=O) groups excluding carboxylic acids is 2. The van der Waals surface area contributed by atoms with E-state index in [-0.39, 0.29) is 5.75 Å². The fourth-order valence-corrected chi connectivity index (χ4v) is 5.69. The zero-order chi connectivity index (χ0) is 16.4. The number of amides is 3. The lowest BCUT2D eigenvalue weighted by Crippen LogP contribution is -2.48. The molecular formula is C15H16N2O5S. The molecule has 0 unspecified atom stereocenters. The highest BCUT2D eigenvalue weighted by Gasteiger charge is 2.59. The highest BCUT2D eigenvalue weighted by Crippen LogP contribution is 2.42. The van der Waals surface area contributed by atoms with Crippen LogP contribution in [0, 0.1) is 0 Å². The smallest absolute Gasteiger partial charge is 0.325 e. The Kier molecular flexibility index (Phi) is 2.90. The molecule has 2 fully saturated rings. The number of aliphatic hydroxyl groups is 1. The predicted octanol–water partition coefficient (Wildman–Crippen LogP) is -0.462. The van der Waals surface area contributed by atoms with E-state index in [0.717, 1.165) is 16.0 Å². The molecule has 3 atom stereocenters. The Morgan fingerprint density at radius 1 is 1.22 bits per heavy atom. The van der Waals surface area contributed by atoms with Crippen molar-refractivity contribution in [3.8, 4) is 0 Å². The van der Waals surface area contributed by atoms with Crippen LogP contribution in [0.15, 0.2) is 24.3 Å². The third-order valence-electron chi connectivity index (χ3n) is 4.99. The number of sulfone groups is 1. The topological polar surface area (TPSA) is 104 Å². The lowest BCUT2D eigenvalue weighted by atomic mass is 9.91. The molecule has 2 N–H and O–H groups in total. The predicted molar refractivity (Wildman–Crippen MR) is 80.3 cm³/mol. The number of aliphatic hydroxyl groups excluding tert-OH is 1. The molecule has 23 heavy (non-hydrogen) atoms. The normalized spacial score (nSPS) is 34.9. The quantitative estimate of drug-likeness (QED) is 0.675. The van der Waals surface area contributed by atoms with Crippen molar-refractivity contribution in [3.63, 3.8) is 0 Å². The Labute approximate surface area is 133 Å². The molecule has 1 aromatic rings. The molecule has 7 nitrogen and oxygen atoms in total. The van der Waals surface area contributed by atoms with Gasteiger partial charge >= 0.3 is 6.03 Å². The second-order valence-electron chi connectivity index (χ2n) is 6.38. The summed E-state index contributed by atoms with van der Waals surface area (Å²) in [5.41, 5.74) is 0.638. The van der Waals surface area contributed by atoms with Crippen molar-refractivity contribution < 1.29 is 23.1 Å². The third kappa shape index (κ3) is 1.94. The number of fused-ring (bicyclic) bond motifs is 2. The van der Waals surface area contributed by atoms with Crippen LogP contribution in [0.25, 0.3) is 0 Å². The Bertz CT molecular complexity index is 821. The molecule has 0 aromatic heterocycles. The Morgan fingerprint density at radius 3 is 2.65 bits per heavy atom. The highest BCUT2D eigenvalue weighted by molar-refractivity contribution is 7.91. The maximum absolute atomic E-state index is 13.0. The van der Waals surface area contributed by atoms with E-state index < -0.39 is 45.2 Å². The molecule has 8 heteroatoms. The van der Waals surface area contributed by atoms with Gasteiger partial charge in [-0.05, 0) is 24.0 Å². The maximum atomic E-state index is 13.0. The van der Waals surface area contributed by atoms with E-state index in [2.05, 4.69) is 5.32 Å². The number of hydrogen-bond acceptors (Lipinski definition) is 5. The Morgan fingerprint density at radius 2 is 1.96 bits per heavy atom. The lowest BCUT2D eigenvalue weighted by molar-refractivity contribution is -0.134. The van der Waals surface area contributed by atoms with Crippen molar-refractivity contribution in [2.24, 2.45) is 0 Å². The number of aryl methyl sites for hydroxylation is 1. The molecule has 3 aliphatic rings. The summed E-state index contributed by atoms with van der Waals surface area (Å²) in [6.45, 7) is 0. The van der Waals surface area contributed by atoms with Gasteiger partial charge in [-0.15, -0.1) is 0 Å². The first kappa shape index (κ1) is 14.6. The van der Waals surface area contributed by atoms with Gasteiger partial charge in [-0.25, -0.2) is 13.2 Å². The molecule has 0 saturated carbocycles. The van der Waals surface area contributed by atoms with E-state index in [0.29, 0.717) is 12.8 Å². The van der Waals surface area contributed by atoms with Crippen LogP contribution in [0.3, 0.4) is 0 Å². The first-order valence-corrected chi connectivity index (χ1v) is 9.29. The number of carbonyl (C=O) groups is 2. The molecule has 2 heterocycles. The Hall–Kier alpha value is -1.93. The van der Waals surface area contributed by atoms with E-state index in [1.54, 1.807) is 0 Å². The van der Waals surface area contributed by atoms with E-state index >= 15 is 0 Å². The summed E-state index contributed by atoms with van der Waals surface area (Å²) < 4.78 is 23.4. The van der Waals surface area contributed by atoms with E-state index in [9.17, 15) is 23.1 Å². The largest absolute Gasteiger partial charge is 0.390 e. The average molecular weight is 336 g/mol. The summed E-state index contributed by atoms with van der Waals surface area (Å²) in [5.74, 6) is -1.27. The molecule has 3 amide bonds. The number of benzene rings is 1. The van der Waals surface area contributed by atoms with E-state index in [4.69, 9.17) is 0 Å². The van der Waals surface area contributed by atoms with Crippen LogP contribution in [-0.4, -0.2) is 54.0 Å². The van der Waals surface area contributed by atoms with Crippen molar-refractivity contribution >= 4 is 21.8 Å². The molecule has 122 valence electrons. The van der Waals surface area contributed by atoms with Crippen LogP contribution < -0.4 is 5.32 Å². The van der Waals surface area contributed by atoms with Crippen LogP contribution in [0.2, 0.25) is 0 Å². The summed E-state index contributed by atoms with van der Waals surface area (Å²) in [5, 5.41) is 12.7. The summed E-state index contributed by atoms with van der Waals surface area (Å²) in [7, 11) is -3.45. The minimum absolute atomic E-state index is 0.384. The first-order chi connectivity index (χ1) is 10.8. The molecule has 1 spiro atoms. The minimum atomic E-state index is -3.45. The number of urea groups is 1. The molecule has 0 bridgehead atoms. The van der Waals surface area contributed by atoms with Crippen LogP contribution in [-0.2, 0) is 26.6 Å². The number of rotatable bonds is 1. The van der Waals surface area contributed by atoms with Gasteiger partial charge in [-0.1, -0.05) is 24.3 Å². The fraction of sp³-hybridized carbons (Fsp3) is 0.467. The standard InChI is InChI=1S/C15H16N2O5S/c18-12-8-23(21,22)7-11(12)17-13(19)15(16-14(17)20)6-5-9-3-1-2-4-10(9)15/h1-4,11-12,18H,5-8H2,(H,16,20)/t11-,12+,15-/m1/s1. The Balaban J connectivity index is 1.74. The number of nitrogens with one attached hydrogen (secondary N) is 1. The fourth-order valence-electron chi connectivity index (χ4n) is 3.92. The number of hydrogen-bond donors (Lipinski definition) is 2. The van der Waals surface area contributed by atoms with Gasteiger partial charge in [0.2, 0.25) is 0 Å². The van der Waals surface area contributed by atoms with Crippen molar-refractivity contribution in [2.45, 2.75) is 30.5 Å². The van der Waals surface area contributed by atoms with Crippen LogP contribution in [0.4, 0.5) is 4.79 Å². The second-order valence-corrected chi connectivity index (χ2v) is 8.53. The van der Waals surface area contributed by atoms with Crippen LogP contribution in [0.5, 0.6) is 0 Å². The monoisotopic (exact) mass is 336 g/mol. The summed E-state index contributed by atoms with van der Waals surface area (Å²) in [6, 6.07) is 5.77. The second kappa shape index (κ2) is 4.55. The summed E-state index contributed by atoms with van der Waals surface area (Å²) >= 11 is 0. The first-order valence-electron chi connectivity index (χ1n) is 7.47. The van der Waals surface area contributed by atoms with Crippen molar-refractivity contribution in [1.29, 1.82) is 0 Å². The molecule has 1 aliphatic carbocycles. The zero-order valence-electron chi connectivity index (χ0n) is 12.2. The molecule has 2 aliphatic heterocycles. The maximum Gasteiger partial charge on any atom is 0.325 e. The number of nitrogens with zero attached hydrogens (tertiary/aromatic N) is 1. The highest BCUT2D eigenvalue weighted by atomic mass is 32.2. The SMILES string of the molecule is O=C1N[C@@]2(CCc3ccccc32)C(=O)N1[C@@H]1CS(=O)(=O)C[C@@H]1O. The van der Waals surface area contributed by atoms with Gasteiger partial charge in [0.15, 0.2) is 9.84 Å². The van der Waals surface area contributed by atoms with Gasteiger partial charge in [-0.2, -0.15) is 0 Å². The lowest BCUT2D eigenvalue weighted by Gasteiger charge is -2.25. The zero-order valence-corrected chi connectivity index (χ0v) is 13.0. The molecular weight excluding hydrogens is 320 g/mol. The van der Waals surface area contributed by atoms with Gasteiger partial charge in [0.1, 0.15) is 5.54 Å². The summed E-state index contributed by atoms with van der Waals surface area (Å²) in [4.78, 5) is 26.3. The van der Waals surface area contributed by atoms with E-state index in [1.165, 1.54) is 0 Å². The number of imide groups is 1. The van der Waals surface area contributed by atoms with E-state index in [1.807, 2.05) is 24.3 Å². The molecule has 0 radical (unpaired) electrons. The molecule has 1 aromatic carbocycles. The summed E-state index contributed by atoms with van der Waals surface area (Å²) in [6.07, 6.45) is -0.119. The van der Waals surface area contributed by atoms with Gasteiger partial charge in [-0.3, -0.25) is 9.69 Å². The van der Waals surface area contributed by atoms with Crippen molar-refractivity contribution in [1.82, 2.24) is 10.2 Å². The van der Waals surface area contributed by atoms with Crippen LogP contribution in [0.1, 0.15) is 17.5 Å². The average Bonchev–Trinajstić information content (AvgIpc) is 3.06. The molecule has 4 rings (SSSR count). The third-order valence-corrected chi connectivity index (χ3v) is 6.69. The van der Waals surface area contributed by atoms with Gasteiger partial charge < -0.3 is 10.4 Å².